The predicted octanol–water partition coefficient (Wildman–Crippen LogP) is 1.77. The molecule has 1 aromatic rings. The van der Waals surface area contributed by atoms with Gasteiger partial charge in [0.25, 0.3) is 0 Å². The highest BCUT2D eigenvalue weighted by Gasteiger charge is 2.31. The van der Waals surface area contributed by atoms with Crippen LogP contribution in [0.3, 0.4) is 0 Å². The molecule has 5 heteroatoms. The second kappa shape index (κ2) is 5.60. The van der Waals surface area contributed by atoms with Crippen molar-refractivity contribution < 1.29 is 9.53 Å². The van der Waals surface area contributed by atoms with Gasteiger partial charge in [-0.25, -0.2) is 0 Å². The van der Waals surface area contributed by atoms with Crippen molar-refractivity contribution in [1.82, 2.24) is 9.88 Å². The fourth-order valence-electron chi connectivity index (χ4n) is 2.42. The highest BCUT2D eigenvalue weighted by Crippen LogP contribution is 2.25. The van der Waals surface area contributed by atoms with Crippen LogP contribution in [0.25, 0.3) is 0 Å². The van der Waals surface area contributed by atoms with E-state index in [0.717, 1.165) is 26.1 Å². The molecule has 2 rings (SSSR count). The summed E-state index contributed by atoms with van der Waals surface area (Å²) in [4.78, 5) is 19.3. The Bertz CT molecular complexity index is 367. The number of thiazole rings is 1. The maximum Gasteiger partial charge on any atom is 0.309 e. The first-order valence-corrected chi connectivity index (χ1v) is 6.76. The molecule has 2 atom stereocenters. The van der Waals surface area contributed by atoms with Gasteiger partial charge in [0.2, 0.25) is 0 Å². The lowest BCUT2D eigenvalue weighted by Crippen LogP contribution is -2.41. The Hall–Kier alpha value is -0.940. The Kier molecular flexibility index (Phi) is 4.12. The second-order valence-electron chi connectivity index (χ2n) is 4.60. The monoisotopic (exact) mass is 254 g/mol. The molecule has 0 bridgehead atoms. The molecular formula is C12H18N2O2S. The number of methoxy groups -OCH3 is 1. The minimum absolute atomic E-state index is 0.0602. The Morgan fingerprint density at radius 2 is 2.53 bits per heavy atom. The van der Waals surface area contributed by atoms with Gasteiger partial charge in [0.1, 0.15) is 0 Å². The van der Waals surface area contributed by atoms with Crippen molar-refractivity contribution in [1.29, 1.82) is 0 Å². The molecule has 1 saturated heterocycles. The van der Waals surface area contributed by atoms with E-state index in [9.17, 15) is 4.79 Å². The molecule has 0 aliphatic carbocycles. The third kappa shape index (κ3) is 3.04. The molecule has 1 aromatic heterocycles. The van der Waals surface area contributed by atoms with Crippen LogP contribution >= 0.6 is 11.3 Å². The summed E-state index contributed by atoms with van der Waals surface area (Å²) < 4.78 is 4.84. The fourth-order valence-corrected chi connectivity index (χ4v) is 3.05. The van der Waals surface area contributed by atoms with Gasteiger partial charge in [-0.15, -0.1) is 11.3 Å². The topological polar surface area (TPSA) is 42.4 Å². The first kappa shape index (κ1) is 12.5. The van der Waals surface area contributed by atoms with Gasteiger partial charge in [-0.1, -0.05) is 6.92 Å². The number of ether oxygens (including phenoxy) is 1. The summed E-state index contributed by atoms with van der Waals surface area (Å²) in [6.07, 6.45) is 2.81. The normalized spacial score (nSPS) is 25.8. The quantitative estimate of drug-likeness (QED) is 0.771. The Labute approximate surface area is 106 Å². The lowest BCUT2D eigenvalue weighted by atomic mass is 9.87. The maximum absolute atomic E-state index is 11.6. The zero-order valence-electron chi connectivity index (χ0n) is 10.3. The van der Waals surface area contributed by atoms with Gasteiger partial charge in [-0.05, 0) is 18.9 Å². The highest BCUT2D eigenvalue weighted by atomic mass is 32.1. The van der Waals surface area contributed by atoms with Crippen LogP contribution in [-0.2, 0) is 16.1 Å². The number of carbonyl (C=O) groups excluding carboxylic acids is 1. The molecule has 1 aliphatic rings. The van der Waals surface area contributed by atoms with Crippen molar-refractivity contribution in [2.75, 3.05) is 20.2 Å². The van der Waals surface area contributed by atoms with Crippen LogP contribution in [0.4, 0.5) is 0 Å². The molecule has 0 spiro atoms. The summed E-state index contributed by atoms with van der Waals surface area (Å²) in [5, 5.41) is 0. The molecule has 2 heterocycles. The van der Waals surface area contributed by atoms with Crippen LogP contribution in [0, 0.1) is 11.8 Å². The number of hydrogen-bond acceptors (Lipinski definition) is 5. The number of piperidine rings is 1. The van der Waals surface area contributed by atoms with Gasteiger partial charge >= 0.3 is 5.97 Å². The van der Waals surface area contributed by atoms with Crippen LogP contribution in [0.5, 0.6) is 0 Å². The standard InChI is InChI=1S/C12H18N2O2S/c1-9-6-14(7-10-5-13-8-17-10)4-3-11(9)12(15)16-2/h5,8-9,11H,3-4,6-7H2,1-2H3/t9-,11-/m1/s1. The zero-order valence-corrected chi connectivity index (χ0v) is 11.1. The van der Waals surface area contributed by atoms with Crippen LogP contribution in [0.1, 0.15) is 18.2 Å². The number of carbonyl (C=O) groups is 1. The van der Waals surface area contributed by atoms with Crippen LogP contribution in [-0.4, -0.2) is 36.1 Å². The van der Waals surface area contributed by atoms with Crippen LogP contribution < -0.4 is 0 Å². The minimum Gasteiger partial charge on any atom is -0.469 e. The molecule has 94 valence electrons. The number of likely N-dealkylation sites (tertiary alicyclic amines) is 1. The Balaban J connectivity index is 1.88. The van der Waals surface area contributed by atoms with E-state index in [2.05, 4.69) is 16.8 Å². The summed E-state index contributed by atoms with van der Waals surface area (Å²) in [5.74, 6) is 0.372. The van der Waals surface area contributed by atoms with Crippen LogP contribution in [0.15, 0.2) is 11.7 Å². The van der Waals surface area contributed by atoms with E-state index >= 15 is 0 Å². The summed E-state index contributed by atoms with van der Waals surface area (Å²) >= 11 is 1.68. The van der Waals surface area contributed by atoms with E-state index < -0.39 is 0 Å². The van der Waals surface area contributed by atoms with Crippen molar-refractivity contribution in [3.63, 3.8) is 0 Å². The van der Waals surface area contributed by atoms with Gasteiger partial charge < -0.3 is 4.74 Å². The summed E-state index contributed by atoms with van der Waals surface area (Å²) in [6, 6.07) is 0. The zero-order chi connectivity index (χ0) is 12.3. The number of esters is 1. The lowest BCUT2D eigenvalue weighted by molar-refractivity contribution is -0.149. The van der Waals surface area contributed by atoms with Crippen molar-refractivity contribution >= 4 is 17.3 Å². The lowest BCUT2D eigenvalue weighted by Gasteiger charge is -2.35. The molecule has 0 aromatic carbocycles. The molecule has 0 amide bonds. The fraction of sp³-hybridized carbons (Fsp3) is 0.667. The Morgan fingerprint density at radius 3 is 3.12 bits per heavy atom. The smallest absolute Gasteiger partial charge is 0.309 e. The molecule has 17 heavy (non-hydrogen) atoms. The molecule has 0 radical (unpaired) electrons. The first-order chi connectivity index (χ1) is 8.20. The van der Waals surface area contributed by atoms with E-state index in [0.29, 0.717) is 5.92 Å². The number of aromatic nitrogens is 1. The minimum atomic E-state index is -0.0602. The van der Waals surface area contributed by atoms with E-state index in [1.165, 1.54) is 12.0 Å². The summed E-state index contributed by atoms with van der Waals surface area (Å²) in [6.45, 7) is 4.99. The molecule has 4 nitrogen and oxygen atoms in total. The van der Waals surface area contributed by atoms with Crippen molar-refractivity contribution in [3.05, 3.63) is 16.6 Å². The SMILES string of the molecule is COC(=O)[C@@H]1CCN(Cc2cncs2)C[C@H]1C. The van der Waals surface area contributed by atoms with Crippen molar-refractivity contribution in [2.24, 2.45) is 11.8 Å². The average Bonchev–Trinajstić information content (AvgIpc) is 2.81. The average molecular weight is 254 g/mol. The third-order valence-electron chi connectivity index (χ3n) is 3.36. The van der Waals surface area contributed by atoms with E-state index in [1.807, 2.05) is 11.7 Å². The Morgan fingerprint density at radius 1 is 1.71 bits per heavy atom. The second-order valence-corrected chi connectivity index (χ2v) is 5.57. The molecular weight excluding hydrogens is 236 g/mol. The van der Waals surface area contributed by atoms with Gasteiger partial charge in [0.05, 0.1) is 18.5 Å². The van der Waals surface area contributed by atoms with Crippen molar-refractivity contribution in [2.45, 2.75) is 19.9 Å². The van der Waals surface area contributed by atoms with Gasteiger partial charge in [0.15, 0.2) is 0 Å². The molecule has 0 N–H and O–H groups in total. The van der Waals surface area contributed by atoms with E-state index in [4.69, 9.17) is 4.74 Å². The summed E-state index contributed by atoms with van der Waals surface area (Å²) in [7, 11) is 1.47. The third-order valence-corrected chi connectivity index (χ3v) is 4.12. The van der Waals surface area contributed by atoms with Gasteiger partial charge in [-0.3, -0.25) is 14.7 Å². The number of rotatable bonds is 3. The number of nitrogens with zero attached hydrogens (tertiary/aromatic N) is 2. The van der Waals surface area contributed by atoms with E-state index in [-0.39, 0.29) is 11.9 Å². The van der Waals surface area contributed by atoms with E-state index in [1.54, 1.807) is 11.3 Å². The maximum atomic E-state index is 11.6. The van der Waals surface area contributed by atoms with Gasteiger partial charge in [-0.2, -0.15) is 0 Å². The summed E-state index contributed by atoms with van der Waals surface area (Å²) in [5.41, 5.74) is 1.86. The molecule has 0 saturated carbocycles. The number of hydrogen-bond donors (Lipinski definition) is 0. The van der Waals surface area contributed by atoms with Gasteiger partial charge in [0, 0.05) is 24.2 Å². The largest absolute Gasteiger partial charge is 0.469 e. The highest BCUT2D eigenvalue weighted by molar-refractivity contribution is 7.09. The van der Waals surface area contributed by atoms with Crippen molar-refractivity contribution in [3.8, 4) is 0 Å². The predicted molar refractivity (Wildman–Crippen MR) is 66.7 cm³/mol. The first-order valence-electron chi connectivity index (χ1n) is 5.88. The van der Waals surface area contributed by atoms with Crippen LogP contribution in [0.2, 0.25) is 0 Å². The molecule has 1 aliphatic heterocycles. The molecule has 1 fully saturated rings. The molecule has 0 unspecified atom stereocenters.